The fourth-order valence-corrected chi connectivity index (χ4v) is 2.60. The van der Waals surface area contributed by atoms with Gasteiger partial charge in [0.25, 0.3) is 0 Å². The number of halogens is 1. The summed E-state index contributed by atoms with van der Waals surface area (Å²) in [4.78, 5) is 11.9. The van der Waals surface area contributed by atoms with Crippen molar-refractivity contribution in [3.8, 4) is 11.5 Å². The van der Waals surface area contributed by atoms with Crippen LogP contribution in [-0.4, -0.2) is 38.8 Å². The molecule has 1 unspecified atom stereocenters. The molecule has 1 aromatic carbocycles. The van der Waals surface area contributed by atoms with E-state index in [1.165, 1.54) is 0 Å². The molecule has 0 bridgehead atoms. The summed E-state index contributed by atoms with van der Waals surface area (Å²) in [7, 11) is 0. The first kappa shape index (κ1) is 15.9. The van der Waals surface area contributed by atoms with Crippen LogP contribution in [0.25, 0.3) is 0 Å². The maximum atomic E-state index is 11.9. The number of rotatable bonds is 4. The Morgan fingerprint density at radius 2 is 2.10 bits per heavy atom. The summed E-state index contributed by atoms with van der Waals surface area (Å²) in [6, 6.07) is 5.96. The summed E-state index contributed by atoms with van der Waals surface area (Å²) in [5.74, 6) is 1.91. The molecule has 0 spiro atoms. The Morgan fingerprint density at radius 3 is 2.86 bits per heavy atom. The molecule has 6 heteroatoms. The van der Waals surface area contributed by atoms with Crippen molar-refractivity contribution in [3.63, 3.8) is 0 Å². The lowest BCUT2D eigenvalue weighted by Gasteiger charge is -2.19. The van der Waals surface area contributed by atoms with Gasteiger partial charge in [-0.25, -0.2) is 0 Å². The van der Waals surface area contributed by atoms with Crippen molar-refractivity contribution < 1.29 is 14.3 Å². The number of fused-ring (bicyclic) bond motifs is 1. The van der Waals surface area contributed by atoms with Gasteiger partial charge >= 0.3 is 0 Å². The summed E-state index contributed by atoms with van der Waals surface area (Å²) in [6.45, 7) is 3.62. The maximum absolute atomic E-state index is 11.9. The Hall–Kier alpha value is -1.46. The lowest BCUT2D eigenvalue weighted by molar-refractivity contribution is -0.124. The molecule has 0 saturated carbocycles. The molecule has 21 heavy (non-hydrogen) atoms. The molecule has 2 aliphatic heterocycles. The van der Waals surface area contributed by atoms with E-state index in [0.29, 0.717) is 19.8 Å². The first-order chi connectivity index (χ1) is 9.83. The van der Waals surface area contributed by atoms with Gasteiger partial charge in [0, 0.05) is 13.1 Å². The zero-order valence-corrected chi connectivity index (χ0v) is 12.7. The minimum Gasteiger partial charge on any atom is -0.486 e. The Balaban J connectivity index is 0.00000161. The minimum atomic E-state index is 0. The Labute approximate surface area is 130 Å². The summed E-state index contributed by atoms with van der Waals surface area (Å²) in [5, 5.41) is 6.21. The van der Waals surface area contributed by atoms with Crippen LogP contribution in [0.2, 0.25) is 0 Å². The van der Waals surface area contributed by atoms with E-state index in [1.54, 1.807) is 0 Å². The van der Waals surface area contributed by atoms with Crippen LogP contribution in [0, 0.1) is 5.92 Å². The SMILES string of the molecule is Cl.O=C(NCCc1ccc2c(c1)OCCO2)C1CCNC1. The Bertz CT molecular complexity index is 490. The monoisotopic (exact) mass is 312 g/mol. The molecule has 1 atom stereocenters. The van der Waals surface area contributed by atoms with Gasteiger partial charge in [-0.05, 0) is 37.1 Å². The van der Waals surface area contributed by atoms with E-state index in [9.17, 15) is 4.79 Å². The van der Waals surface area contributed by atoms with Crippen molar-refractivity contribution in [3.05, 3.63) is 23.8 Å². The van der Waals surface area contributed by atoms with Crippen molar-refractivity contribution in [1.82, 2.24) is 10.6 Å². The average Bonchev–Trinajstić information content (AvgIpc) is 3.01. The van der Waals surface area contributed by atoms with E-state index in [-0.39, 0.29) is 24.2 Å². The number of ether oxygens (including phenoxy) is 2. The second-order valence-corrected chi connectivity index (χ2v) is 5.21. The zero-order chi connectivity index (χ0) is 13.8. The molecule has 0 aliphatic carbocycles. The molecule has 116 valence electrons. The van der Waals surface area contributed by atoms with E-state index in [0.717, 1.165) is 43.0 Å². The van der Waals surface area contributed by atoms with Gasteiger partial charge in [0.15, 0.2) is 11.5 Å². The van der Waals surface area contributed by atoms with Gasteiger partial charge in [-0.1, -0.05) is 6.07 Å². The summed E-state index contributed by atoms with van der Waals surface area (Å²) in [6.07, 6.45) is 1.75. The van der Waals surface area contributed by atoms with Crippen molar-refractivity contribution in [2.24, 2.45) is 5.92 Å². The quantitative estimate of drug-likeness (QED) is 0.875. The minimum absolute atomic E-state index is 0. The first-order valence-electron chi connectivity index (χ1n) is 7.20. The molecule has 5 nitrogen and oxygen atoms in total. The van der Waals surface area contributed by atoms with Gasteiger partial charge in [-0.15, -0.1) is 12.4 Å². The molecule has 0 aromatic heterocycles. The number of amides is 1. The maximum Gasteiger partial charge on any atom is 0.224 e. The van der Waals surface area contributed by atoms with Crippen molar-refractivity contribution in [1.29, 1.82) is 0 Å². The first-order valence-corrected chi connectivity index (χ1v) is 7.20. The van der Waals surface area contributed by atoms with Crippen LogP contribution in [0.15, 0.2) is 18.2 Å². The second-order valence-electron chi connectivity index (χ2n) is 5.21. The van der Waals surface area contributed by atoms with Gasteiger partial charge in [0.05, 0.1) is 5.92 Å². The third-order valence-electron chi connectivity index (χ3n) is 3.75. The highest BCUT2D eigenvalue weighted by atomic mass is 35.5. The predicted octanol–water partition coefficient (Wildman–Crippen LogP) is 1.15. The molecule has 3 rings (SSSR count). The van der Waals surface area contributed by atoms with E-state index in [2.05, 4.69) is 10.6 Å². The second kappa shape index (κ2) is 7.52. The van der Waals surface area contributed by atoms with E-state index < -0.39 is 0 Å². The number of benzene rings is 1. The van der Waals surface area contributed by atoms with Crippen LogP contribution in [0.1, 0.15) is 12.0 Å². The highest BCUT2D eigenvalue weighted by Gasteiger charge is 2.21. The number of carbonyl (C=O) groups excluding carboxylic acids is 1. The van der Waals surface area contributed by atoms with Crippen molar-refractivity contribution in [2.75, 3.05) is 32.8 Å². The molecule has 2 heterocycles. The largest absolute Gasteiger partial charge is 0.486 e. The lowest BCUT2D eigenvalue weighted by Crippen LogP contribution is -2.33. The summed E-state index contributed by atoms with van der Waals surface area (Å²) < 4.78 is 11.0. The van der Waals surface area contributed by atoms with Crippen molar-refractivity contribution in [2.45, 2.75) is 12.8 Å². The molecule has 2 aliphatic rings. The van der Waals surface area contributed by atoms with Crippen molar-refractivity contribution >= 4 is 18.3 Å². The van der Waals surface area contributed by atoms with Gasteiger partial charge in [0.1, 0.15) is 13.2 Å². The van der Waals surface area contributed by atoms with E-state index in [1.807, 2.05) is 18.2 Å². The van der Waals surface area contributed by atoms with Gasteiger partial charge < -0.3 is 20.1 Å². The summed E-state index contributed by atoms with van der Waals surface area (Å²) >= 11 is 0. The Kier molecular flexibility index (Phi) is 5.70. The third kappa shape index (κ3) is 4.02. The lowest BCUT2D eigenvalue weighted by atomic mass is 10.1. The van der Waals surface area contributed by atoms with Crippen LogP contribution in [-0.2, 0) is 11.2 Å². The van der Waals surface area contributed by atoms with E-state index >= 15 is 0 Å². The van der Waals surface area contributed by atoms with Gasteiger partial charge in [0.2, 0.25) is 5.91 Å². The van der Waals surface area contributed by atoms with Crippen LogP contribution in [0.5, 0.6) is 11.5 Å². The van der Waals surface area contributed by atoms with E-state index in [4.69, 9.17) is 9.47 Å². The Morgan fingerprint density at radius 1 is 1.29 bits per heavy atom. The number of hydrogen-bond donors (Lipinski definition) is 2. The third-order valence-corrected chi connectivity index (χ3v) is 3.75. The van der Waals surface area contributed by atoms with Crippen LogP contribution >= 0.6 is 12.4 Å². The molecule has 1 fully saturated rings. The number of carbonyl (C=O) groups is 1. The predicted molar refractivity (Wildman–Crippen MR) is 82.4 cm³/mol. The fraction of sp³-hybridized carbons (Fsp3) is 0.533. The standard InChI is InChI=1S/C15H20N2O3.ClH/c18-15(12-4-5-16-10-12)17-6-3-11-1-2-13-14(9-11)20-8-7-19-13;/h1-2,9,12,16H,3-8,10H2,(H,17,18);1H. The van der Waals surface area contributed by atoms with Gasteiger partial charge in [-0.2, -0.15) is 0 Å². The molecular weight excluding hydrogens is 292 g/mol. The fourth-order valence-electron chi connectivity index (χ4n) is 2.60. The van der Waals surface area contributed by atoms with Crippen LogP contribution in [0.3, 0.4) is 0 Å². The molecule has 2 N–H and O–H groups in total. The normalized spacial score (nSPS) is 19.7. The highest BCUT2D eigenvalue weighted by Crippen LogP contribution is 2.30. The number of hydrogen-bond acceptors (Lipinski definition) is 4. The topological polar surface area (TPSA) is 59.6 Å². The molecule has 1 amide bonds. The van der Waals surface area contributed by atoms with Gasteiger partial charge in [-0.3, -0.25) is 4.79 Å². The molecular formula is C15H21ClN2O3. The smallest absolute Gasteiger partial charge is 0.224 e. The molecule has 1 aromatic rings. The van der Waals surface area contributed by atoms with Crippen LogP contribution in [0.4, 0.5) is 0 Å². The highest BCUT2D eigenvalue weighted by molar-refractivity contribution is 5.85. The van der Waals surface area contributed by atoms with Crippen LogP contribution < -0.4 is 20.1 Å². The molecule has 1 saturated heterocycles. The average molecular weight is 313 g/mol. The zero-order valence-electron chi connectivity index (χ0n) is 11.9. The molecule has 0 radical (unpaired) electrons. The summed E-state index contributed by atoms with van der Waals surface area (Å²) in [5.41, 5.74) is 1.15. The number of nitrogens with one attached hydrogen (secondary N) is 2.